The van der Waals surface area contributed by atoms with Crippen molar-refractivity contribution >= 4 is 17.8 Å². The number of hydrogen-bond acceptors (Lipinski definition) is 6. The molecule has 1 saturated carbocycles. The van der Waals surface area contributed by atoms with Crippen LogP contribution in [0.4, 0.5) is 0 Å². The molecule has 1 amide bonds. The Labute approximate surface area is 207 Å². The number of amides is 1. The van der Waals surface area contributed by atoms with E-state index in [0.29, 0.717) is 12.3 Å². The monoisotopic (exact) mass is 480 g/mol. The van der Waals surface area contributed by atoms with Gasteiger partial charge in [0.15, 0.2) is 0 Å². The molecule has 1 aliphatic rings. The SMILES string of the molecule is N[C@@H](CC(=O)OCc1ccccc1)C(=O)N[C@@H](CC1CCCCCC1)C(=O)OCc1ccccc1. The predicted molar refractivity (Wildman–Crippen MR) is 133 cm³/mol. The zero-order valence-electron chi connectivity index (χ0n) is 20.2. The van der Waals surface area contributed by atoms with E-state index in [9.17, 15) is 14.4 Å². The van der Waals surface area contributed by atoms with Crippen LogP contribution in [0.3, 0.4) is 0 Å². The molecule has 1 aliphatic carbocycles. The average Bonchev–Trinajstić information content (AvgIpc) is 3.15. The van der Waals surface area contributed by atoms with Gasteiger partial charge in [0.05, 0.1) is 12.5 Å². The van der Waals surface area contributed by atoms with Gasteiger partial charge < -0.3 is 20.5 Å². The molecule has 0 radical (unpaired) electrons. The molecule has 7 nitrogen and oxygen atoms in total. The van der Waals surface area contributed by atoms with Gasteiger partial charge in [-0.2, -0.15) is 0 Å². The molecule has 0 unspecified atom stereocenters. The lowest BCUT2D eigenvalue weighted by molar-refractivity contribution is -0.150. The van der Waals surface area contributed by atoms with E-state index >= 15 is 0 Å². The molecule has 0 saturated heterocycles. The first kappa shape index (κ1) is 26.4. The van der Waals surface area contributed by atoms with Gasteiger partial charge in [-0.15, -0.1) is 0 Å². The minimum absolute atomic E-state index is 0.115. The summed E-state index contributed by atoms with van der Waals surface area (Å²) >= 11 is 0. The summed E-state index contributed by atoms with van der Waals surface area (Å²) in [5.74, 6) is -1.27. The van der Waals surface area contributed by atoms with Crippen LogP contribution in [-0.4, -0.2) is 29.9 Å². The summed E-state index contributed by atoms with van der Waals surface area (Å²) in [7, 11) is 0. The lowest BCUT2D eigenvalue weighted by atomic mass is 9.92. The van der Waals surface area contributed by atoms with Crippen LogP contribution in [0.2, 0.25) is 0 Å². The molecule has 3 rings (SSSR count). The second-order valence-electron chi connectivity index (χ2n) is 9.20. The summed E-state index contributed by atoms with van der Waals surface area (Å²) < 4.78 is 10.8. The van der Waals surface area contributed by atoms with E-state index in [1.165, 1.54) is 12.8 Å². The van der Waals surface area contributed by atoms with Gasteiger partial charge in [0.2, 0.25) is 5.91 Å². The fourth-order valence-electron chi connectivity index (χ4n) is 4.32. The largest absolute Gasteiger partial charge is 0.461 e. The van der Waals surface area contributed by atoms with Gasteiger partial charge in [-0.05, 0) is 23.5 Å². The molecule has 0 aromatic heterocycles. The van der Waals surface area contributed by atoms with Gasteiger partial charge in [0, 0.05) is 0 Å². The highest BCUT2D eigenvalue weighted by atomic mass is 16.5. The zero-order valence-corrected chi connectivity index (χ0v) is 20.2. The first-order valence-electron chi connectivity index (χ1n) is 12.5. The van der Waals surface area contributed by atoms with Gasteiger partial charge in [-0.3, -0.25) is 9.59 Å². The smallest absolute Gasteiger partial charge is 0.328 e. The van der Waals surface area contributed by atoms with E-state index in [4.69, 9.17) is 15.2 Å². The predicted octanol–water partition coefficient (Wildman–Crippen LogP) is 4.04. The van der Waals surface area contributed by atoms with Gasteiger partial charge >= 0.3 is 11.9 Å². The molecule has 0 bridgehead atoms. The number of nitrogens with one attached hydrogen (secondary N) is 1. The summed E-state index contributed by atoms with van der Waals surface area (Å²) in [5, 5.41) is 2.75. The standard InChI is InChI=1S/C28H36N2O5/c29-24(18-26(31)34-19-22-13-7-3-8-14-22)27(32)30-25(17-21-11-5-1-2-6-12-21)28(33)35-20-23-15-9-4-10-16-23/h3-4,7-10,13-16,21,24-25H,1-2,5-6,11-12,17-20,29H2,(H,30,32)/t24-,25-/m0/s1. The highest BCUT2D eigenvalue weighted by molar-refractivity contribution is 5.90. The second-order valence-corrected chi connectivity index (χ2v) is 9.20. The van der Waals surface area contributed by atoms with E-state index in [2.05, 4.69) is 5.32 Å². The minimum Gasteiger partial charge on any atom is -0.461 e. The molecule has 2 aromatic rings. The third-order valence-electron chi connectivity index (χ3n) is 6.33. The van der Waals surface area contributed by atoms with Crippen LogP contribution in [0, 0.1) is 5.92 Å². The van der Waals surface area contributed by atoms with Crippen molar-refractivity contribution in [3.63, 3.8) is 0 Å². The number of hydrogen-bond donors (Lipinski definition) is 2. The summed E-state index contributed by atoms with van der Waals surface area (Å²) in [6.07, 6.45) is 6.92. The van der Waals surface area contributed by atoms with E-state index in [1.807, 2.05) is 60.7 Å². The van der Waals surface area contributed by atoms with Crippen molar-refractivity contribution in [2.24, 2.45) is 11.7 Å². The molecule has 0 spiro atoms. The van der Waals surface area contributed by atoms with Gasteiger partial charge in [-0.1, -0.05) is 99.2 Å². The maximum absolute atomic E-state index is 12.9. The number of carbonyl (C=O) groups excluding carboxylic acids is 3. The van der Waals surface area contributed by atoms with Gasteiger partial charge in [0.1, 0.15) is 19.3 Å². The van der Waals surface area contributed by atoms with Crippen LogP contribution in [0.15, 0.2) is 60.7 Å². The van der Waals surface area contributed by atoms with Crippen molar-refractivity contribution in [2.75, 3.05) is 0 Å². The Bertz CT molecular complexity index is 927. The normalized spacial score (nSPS) is 15.9. The minimum atomic E-state index is -1.11. The molecule has 188 valence electrons. The Morgan fingerprint density at radius 1 is 0.829 bits per heavy atom. The molecule has 0 heterocycles. The molecule has 1 fully saturated rings. The molecule has 3 N–H and O–H groups in total. The maximum atomic E-state index is 12.9. The summed E-state index contributed by atoms with van der Waals surface area (Å²) in [4.78, 5) is 37.9. The Balaban J connectivity index is 1.54. The highest BCUT2D eigenvalue weighted by Gasteiger charge is 2.29. The van der Waals surface area contributed by atoms with Crippen molar-refractivity contribution < 1.29 is 23.9 Å². The number of esters is 2. The zero-order chi connectivity index (χ0) is 24.9. The van der Waals surface area contributed by atoms with Crippen LogP contribution < -0.4 is 11.1 Å². The molecule has 2 aromatic carbocycles. The summed E-state index contributed by atoms with van der Waals surface area (Å²) in [5.41, 5.74) is 7.72. The summed E-state index contributed by atoms with van der Waals surface area (Å²) in [6.45, 7) is 0.249. The molecule has 2 atom stereocenters. The maximum Gasteiger partial charge on any atom is 0.328 e. The number of rotatable bonds is 11. The molecule has 0 aliphatic heterocycles. The second kappa shape index (κ2) is 14.3. The van der Waals surface area contributed by atoms with Crippen molar-refractivity contribution in [3.05, 3.63) is 71.8 Å². The van der Waals surface area contributed by atoms with Crippen LogP contribution >= 0.6 is 0 Å². The topological polar surface area (TPSA) is 108 Å². The average molecular weight is 481 g/mol. The van der Waals surface area contributed by atoms with Gasteiger partial charge in [0.25, 0.3) is 0 Å². The fraction of sp³-hybridized carbons (Fsp3) is 0.464. The highest BCUT2D eigenvalue weighted by Crippen LogP contribution is 2.27. The van der Waals surface area contributed by atoms with E-state index in [1.54, 1.807) is 0 Å². The molecule has 35 heavy (non-hydrogen) atoms. The van der Waals surface area contributed by atoms with Crippen molar-refractivity contribution in [1.82, 2.24) is 5.32 Å². The van der Waals surface area contributed by atoms with Gasteiger partial charge in [-0.25, -0.2) is 4.79 Å². The number of nitrogens with two attached hydrogens (primary N) is 1. The van der Waals surface area contributed by atoms with Crippen LogP contribution in [0.1, 0.15) is 62.5 Å². The third kappa shape index (κ3) is 9.53. The van der Waals surface area contributed by atoms with Crippen molar-refractivity contribution in [3.8, 4) is 0 Å². The first-order chi connectivity index (χ1) is 17.0. The van der Waals surface area contributed by atoms with Crippen molar-refractivity contribution in [2.45, 2.75) is 76.7 Å². The Morgan fingerprint density at radius 2 is 1.37 bits per heavy atom. The molecule has 7 heteroatoms. The summed E-state index contributed by atoms with van der Waals surface area (Å²) in [6, 6.07) is 16.8. The van der Waals surface area contributed by atoms with E-state index in [-0.39, 0.29) is 19.6 Å². The molecular weight excluding hydrogens is 444 g/mol. The fourth-order valence-corrected chi connectivity index (χ4v) is 4.32. The first-order valence-corrected chi connectivity index (χ1v) is 12.5. The number of benzene rings is 2. The quantitative estimate of drug-likeness (QED) is 0.371. The van der Waals surface area contributed by atoms with Crippen LogP contribution in [0.25, 0.3) is 0 Å². The molecular formula is C28H36N2O5. The Hall–Kier alpha value is -3.19. The van der Waals surface area contributed by atoms with E-state index in [0.717, 1.165) is 36.8 Å². The Morgan fingerprint density at radius 3 is 1.94 bits per heavy atom. The van der Waals surface area contributed by atoms with Crippen LogP contribution in [0.5, 0.6) is 0 Å². The van der Waals surface area contributed by atoms with E-state index < -0.39 is 29.9 Å². The van der Waals surface area contributed by atoms with Crippen molar-refractivity contribution in [1.29, 1.82) is 0 Å². The van der Waals surface area contributed by atoms with Crippen LogP contribution in [-0.2, 0) is 37.1 Å². The Kier molecular flexibility index (Phi) is 10.8. The lowest BCUT2D eigenvalue weighted by Gasteiger charge is -2.24. The number of ether oxygens (including phenoxy) is 2. The lowest BCUT2D eigenvalue weighted by Crippen LogP contribution is -2.50. The number of carbonyl (C=O) groups is 3. The third-order valence-corrected chi connectivity index (χ3v) is 6.33.